The summed E-state index contributed by atoms with van der Waals surface area (Å²) in [7, 11) is 1.96. The molecule has 132 valence electrons. The van der Waals surface area contributed by atoms with Crippen LogP contribution in [-0.2, 0) is 11.8 Å². The minimum atomic E-state index is -0.241. The molecule has 1 N–H and O–H groups in total. The third kappa shape index (κ3) is 4.15. The summed E-state index contributed by atoms with van der Waals surface area (Å²) in [6.07, 6.45) is 4.91. The van der Waals surface area contributed by atoms with Crippen LogP contribution in [0, 0.1) is 6.92 Å². The fourth-order valence-corrected chi connectivity index (χ4v) is 2.98. The van der Waals surface area contributed by atoms with E-state index in [1.807, 2.05) is 49.0 Å². The Morgan fingerprint density at radius 3 is 2.69 bits per heavy atom. The van der Waals surface area contributed by atoms with E-state index in [9.17, 15) is 4.79 Å². The molecule has 0 atom stereocenters. The minimum Gasteiger partial charge on any atom is -0.331 e. The van der Waals surface area contributed by atoms with Crippen molar-refractivity contribution in [2.24, 2.45) is 7.05 Å². The number of rotatable bonds is 4. The van der Waals surface area contributed by atoms with Gasteiger partial charge in [0.05, 0.1) is 11.9 Å². The zero-order valence-corrected chi connectivity index (χ0v) is 15.8. The van der Waals surface area contributed by atoms with E-state index in [0.717, 1.165) is 22.6 Å². The molecule has 1 amide bonds. The van der Waals surface area contributed by atoms with E-state index in [1.165, 1.54) is 6.08 Å². The van der Waals surface area contributed by atoms with E-state index >= 15 is 0 Å². The van der Waals surface area contributed by atoms with E-state index in [0.29, 0.717) is 15.7 Å². The molecular formula is C20H17Cl2N3O. The van der Waals surface area contributed by atoms with Crippen LogP contribution < -0.4 is 5.32 Å². The number of nitrogens with one attached hydrogen (secondary N) is 1. The lowest BCUT2D eigenvalue weighted by Gasteiger charge is -2.07. The number of nitrogens with zero attached hydrogens (tertiary/aromatic N) is 2. The van der Waals surface area contributed by atoms with Crippen molar-refractivity contribution in [1.29, 1.82) is 0 Å². The Bertz CT molecular complexity index is 992. The summed E-state index contributed by atoms with van der Waals surface area (Å²) in [4.78, 5) is 16.5. The summed E-state index contributed by atoms with van der Waals surface area (Å²) in [5.41, 5.74) is 3.40. The highest BCUT2D eigenvalue weighted by atomic mass is 35.5. The van der Waals surface area contributed by atoms with Crippen molar-refractivity contribution in [3.63, 3.8) is 0 Å². The molecule has 0 aliphatic carbocycles. The molecule has 0 spiro atoms. The zero-order chi connectivity index (χ0) is 18.7. The van der Waals surface area contributed by atoms with E-state index in [1.54, 1.807) is 24.3 Å². The molecule has 0 aliphatic heterocycles. The number of imidazole rings is 1. The smallest absolute Gasteiger partial charge is 0.248 e. The van der Waals surface area contributed by atoms with Gasteiger partial charge in [0.1, 0.15) is 5.82 Å². The first-order valence-electron chi connectivity index (χ1n) is 7.97. The average Bonchev–Trinajstić information content (AvgIpc) is 2.93. The number of aryl methyl sites for hydroxylation is 1. The van der Waals surface area contributed by atoms with Gasteiger partial charge in [0.2, 0.25) is 5.91 Å². The standard InChI is InChI=1S/C20H17Cl2N3O/c1-13-23-12-19(25(13)2)15-4-3-5-17(10-15)24-20(26)9-7-14-6-8-16(21)11-18(14)22/h3-12H,1-2H3,(H,24,26)/b9-7+. The van der Waals surface area contributed by atoms with Crippen LogP contribution in [0.1, 0.15) is 11.4 Å². The number of carbonyl (C=O) groups excluding carboxylic acids is 1. The van der Waals surface area contributed by atoms with Crippen LogP contribution in [0.2, 0.25) is 10.0 Å². The molecule has 1 heterocycles. The molecule has 26 heavy (non-hydrogen) atoms. The van der Waals surface area contributed by atoms with Gasteiger partial charge in [-0.05, 0) is 42.8 Å². The van der Waals surface area contributed by atoms with Crippen molar-refractivity contribution >= 4 is 40.9 Å². The number of carbonyl (C=O) groups is 1. The second kappa shape index (κ2) is 7.77. The summed E-state index contributed by atoms with van der Waals surface area (Å²) in [5, 5.41) is 3.90. The molecule has 0 saturated heterocycles. The summed E-state index contributed by atoms with van der Waals surface area (Å²) in [5.74, 6) is 0.687. The maximum absolute atomic E-state index is 12.2. The van der Waals surface area contributed by atoms with Crippen molar-refractivity contribution in [3.05, 3.63) is 76.2 Å². The first kappa shape index (κ1) is 18.2. The zero-order valence-electron chi connectivity index (χ0n) is 14.3. The molecule has 0 radical (unpaired) electrons. The van der Waals surface area contributed by atoms with E-state index in [4.69, 9.17) is 23.2 Å². The second-order valence-electron chi connectivity index (χ2n) is 5.82. The molecule has 0 aliphatic rings. The van der Waals surface area contributed by atoms with Gasteiger partial charge in [-0.25, -0.2) is 4.98 Å². The van der Waals surface area contributed by atoms with Gasteiger partial charge in [0, 0.05) is 34.4 Å². The highest BCUT2D eigenvalue weighted by Gasteiger charge is 2.07. The van der Waals surface area contributed by atoms with Gasteiger partial charge in [-0.1, -0.05) is 41.4 Å². The van der Waals surface area contributed by atoms with Crippen molar-refractivity contribution in [2.45, 2.75) is 6.92 Å². The van der Waals surface area contributed by atoms with E-state index in [2.05, 4.69) is 10.3 Å². The Hall–Kier alpha value is -2.56. The number of hydrogen-bond acceptors (Lipinski definition) is 2. The molecular weight excluding hydrogens is 369 g/mol. The van der Waals surface area contributed by atoms with Gasteiger partial charge in [0.25, 0.3) is 0 Å². The predicted octanol–water partition coefficient (Wildman–Crippen LogP) is 5.35. The van der Waals surface area contributed by atoms with Crippen LogP contribution in [0.15, 0.2) is 54.7 Å². The average molecular weight is 386 g/mol. The fourth-order valence-electron chi connectivity index (χ4n) is 2.51. The molecule has 0 fully saturated rings. The SMILES string of the molecule is Cc1ncc(-c2cccc(NC(=O)/C=C/c3ccc(Cl)cc3Cl)c2)n1C. The predicted molar refractivity (Wildman–Crippen MR) is 108 cm³/mol. The number of aromatic nitrogens is 2. The topological polar surface area (TPSA) is 46.9 Å². The van der Waals surface area contributed by atoms with Gasteiger partial charge in [-0.3, -0.25) is 4.79 Å². The van der Waals surface area contributed by atoms with Gasteiger partial charge >= 0.3 is 0 Å². The Balaban J connectivity index is 1.74. The molecule has 3 rings (SSSR count). The van der Waals surface area contributed by atoms with Crippen LogP contribution in [0.25, 0.3) is 17.3 Å². The van der Waals surface area contributed by atoms with Crippen LogP contribution in [-0.4, -0.2) is 15.5 Å². The molecule has 2 aromatic carbocycles. The van der Waals surface area contributed by atoms with Gasteiger partial charge < -0.3 is 9.88 Å². The lowest BCUT2D eigenvalue weighted by molar-refractivity contribution is -0.111. The Morgan fingerprint density at radius 1 is 1.19 bits per heavy atom. The Labute approximate surface area is 162 Å². The molecule has 0 unspecified atom stereocenters. The van der Waals surface area contributed by atoms with Crippen LogP contribution in [0.3, 0.4) is 0 Å². The molecule has 0 bridgehead atoms. The van der Waals surface area contributed by atoms with Gasteiger partial charge in [-0.2, -0.15) is 0 Å². The second-order valence-corrected chi connectivity index (χ2v) is 6.66. The van der Waals surface area contributed by atoms with Crippen molar-refractivity contribution < 1.29 is 4.79 Å². The number of hydrogen-bond donors (Lipinski definition) is 1. The van der Waals surface area contributed by atoms with E-state index < -0.39 is 0 Å². The Kier molecular flexibility index (Phi) is 5.45. The molecule has 6 heteroatoms. The van der Waals surface area contributed by atoms with Crippen molar-refractivity contribution in [3.8, 4) is 11.3 Å². The highest BCUT2D eigenvalue weighted by Crippen LogP contribution is 2.24. The van der Waals surface area contributed by atoms with Gasteiger partial charge in [-0.15, -0.1) is 0 Å². The van der Waals surface area contributed by atoms with Crippen molar-refractivity contribution in [2.75, 3.05) is 5.32 Å². The van der Waals surface area contributed by atoms with Crippen LogP contribution in [0.4, 0.5) is 5.69 Å². The number of amides is 1. The largest absolute Gasteiger partial charge is 0.331 e. The Morgan fingerprint density at radius 2 is 2.00 bits per heavy atom. The monoisotopic (exact) mass is 385 g/mol. The van der Waals surface area contributed by atoms with Crippen LogP contribution >= 0.6 is 23.2 Å². The number of halogens is 2. The summed E-state index contributed by atoms with van der Waals surface area (Å²) >= 11 is 12.0. The molecule has 3 aromatic rings. The lowest BCUT2D eigenvalue weighted by Crippen LogP contribution is -2.07. The maximum Gasteiger partial charge on any atom is 0.248 e. The lowest BCUT2D eigenvalue weighted by atomic mass is 10.1. The highest BCUT2D eigenvalue weighted by molar-refractivity contribution is 6.35. The van der Waals surface area contributed by atoms with Crippen LogP contribution in [0.5, 0.6) is 0 Å². The van der Waals surface area contributed by atoms with Crippen molar-refractivity contribution in [1.82, 2.24) is 9.55 Å². The van der Waals surface area contributed by atoms with E-state index in [-0.39, 0.29) is 5.91 Å². The molecule has 1 aromatic heterocycles. The summed E-state index contributed by atoms with van der Waals surface area (Å²) in [6.45, 7) is 1.95. The van der Waals surface area contributed by atoms with Gasteiger partial charge in [0.15, 0.2) is 0 Å². The maximum atomic E-state index is 12.2. The first-order valence-corrected chi connectivity index (χ1v) is 8.72. The summed E-state index contributed by atoms with van der Waals surface area (Å²) < 4.78 is 2.00. The third-order valence-electron chi connectivity index (χ3n) is 4.02. The fraction of sp³-hybridized carbons (Fsp3) is 0.100. The third-order valence-corrected chi connectivity index (χ3v) is 4.59. The number of anilines is 1. The number of benzene rings is 2. The quantitative estimate of drug-likeness (QED) is 0.614. The minimum absolute atomic E-state index is 0.241. The molecule has 4 nitrogen and oxygen atoms in total. The normalized spacial score (nSPS) is 11.1. The first-order chi connectivity index (χ1) is 12.4. The molecule has 0 saturated carbocycles. The summed E-state index contributed by atoms with van der Waals surface area (Å²) in [6, 6.07) is 12.8.